The molecule has 1 amide bonds. The minimum Gasteiger partial charge on any atom is -0.267 e. The van der Waals surface area contributed by atoms with Gasteiger partial charge >= 0.3 is 5.91 Å². The summed E-state index contributed by atoms with van der Waals surface area (Å²) in [6.07, 6.45) is 1.69. The van der Waals surface area contributed by atoms with Gasteiger partial charge in [-0.3, -0.25) is 9.78 Å². The Labute approximate surface area is 151 Å². The summed E-state index contributed by atoms with van der Waals surface area (Å²) in [5.74, 6) is -2.96. The summed E-state index contributed by atoms with van der Waals surface area (Å²) in [4.78, 5) is 15.7. The van der Waals surface area contributed by atoms with Crippen LogP contribution < -0.4 is 9.72 Å². The highest BCUT2D eigenvalue weighted by Gasteiger charge is 2.26. The van der Waals surface area contributed by atoms with E-state index in [4.69, 9.17) is 0 Å². The number of carbonyl (C=O) groups excluding carboxylic acids is 1. The summed E-state index contributed by atoms with van der Waals surface area (Å²) in [6, 6.07) is 14.2. The van der Waals surface area contributed by atoms with Crippen LogP contribution >= 0.6 is 0 Å². The smallest absolute Gasteiger partial charge is 0.267 e. The zero-order chi connectivity index (χ0) is 19.0. The summed E-state index contributed by atoms with van der Waals surface area (Å²) < 4.78 is 42.8. The van der Waals surface area contributed by atoms with Crippen molar-refractivity contribution in [2.75, 3.05) is 5.32 Å². The van der Waals surface area contributed by atoms with Crippen LogP contribution in [0.15, 0.2) is 66.9 Å². The number of pyridine rings is 1. The number of benzene rings is 2. The van der Waals surface area contributed by atoms with Crippen molar-refractivity contribution in [3.05, 3.63) is 89.9 Å². The van der Waals surface area contributed by atoms with Gasteiger partial charge in [0, 0.05) is 11.6 Å². The minimum absolute atomic E-state index is 0.282. The molecule has 0 fully saturated rings. The van der Waals surface area contributed by atoms with Gasteiger partial charge in [0.05, 0.1) is 6.20 Å². The molecule has 0 spiro atoms. The maximum Gasteiger partial charge on any atom is 0.317 e. The van der Waals surface area contributed by atoms with Crippen molar-refractivity contribution < 1.29 is 22.4 Å². The molecule has 0 aliphatic heterocycles. The van der Waals surface area contributed by atoms with Gasteiger partial charge in [0.2, 0.25) is 5.65 Å². The molecule has 2 aromatic heterocycles. The number of nitrogens with one attached hydrogen (secondary N) is 2. The number of aromatic amines is 1. The first-order valence-corrected chi connectivity index (χ1v) is 8.08. The van der Waals surface area contributed by atoms with E-state index in [0.29, 0.717) is 16.9 Å². The maximum atomic E-state index is 14.0. The zero-order valence-corrected chi connectivity index (χ0v) is 13.8. The number of anilines is 1. The third kappa shape index (κ3) is 3.03. The van der Waals surface area contributed by atoms with Crippen LogP contribution in [-0.4, -0.2) is 10.9 Å². The van der Waals surface area contributed by atoms with Crippen molar-refractivity contribution in [3.63, 3.8) is 0 Å². The Morgan fingerprint density at radius 1 is 0.889 bits per heavy atom. The van der Waals surface area contributed by atoms with Crippen molar-refractivity contribution in [1.82, 2.24) is 4.98 Å². The number of carbonyl (C=O) groups is 1. The number of fused-ring (bicyclic) bond motifs is 1. The van der Waals surface area contributed by atoms with E-state index in [-0.39, 0.29) is 5.82 Å². The predicted molar refractivity (Wildman–Crippen MR) is 93.7 cm³/mol. The van der Waals surface area contributed by atoms with E-state index in [1.807, 2.05) is 0 Å². The maximum absolute atomic E-state index is 14.0. The molecule has 4 nitrogen and oxygen atoms in total. The van der Waals surface area contributed by atoms with Crippen molar-refractivity contribution in [2.24, 2.45) is 0 Å². The highest BCUT2D eigenvalue weighted by molar-refractivity contribution is 6.05. The van der Waals surface area contributed by atoms with Gasteiger partial charge < -0.3 is 0 Å². The molecule has 7 heteroatoms. The molecule has 0 atom stereocenters. The molecule has 27 heavy (non-hydrogen) atoms. The average molecular weight is 368 g/mol. The van der Waals surface area contributed by atoms with Gasteiger partial charge in [-0.1, -0.05) is 12.1 Å². The number of H-pyrrole nitrogens is 1. The van der Waals surface area contributed by atoms with Crippen LogP contribution in [0.3, 0.4) is 0 Å². The van der Waals surface area contributed by atoms with Crippen LogP contribution in [0.2, 0.25) is 0 Å². The summed E-state index contributed by atoms with van der Waals surface area (Å²) in [5, 5.41) is 2.56. The van der Waals surface area contributed by atoms with Crippen LogP contribution in [-0.2, 0) is 0 Å². The normalized spacial score (nSPS) is 10.9. The molecule has 134 valence electrons. The fraction of sp³-hybridized carbons (Fsp3) is 0. The Balaban J connectivity index is 1.84. The lowest BCUT2D eigenvalue weighted by Gasteiger charge is -2.04. The molecule has 0 bridgehead atoms. The molecule has 0 radical (unpaired) electrons. The van der Waals surface area contributed by atoms with Gasteiger partial charge in [0.25, 0.3) is 5.82 Å². The summed E-state index contributed by atoms with van der Waals surface area (Å²) in [7, 11) is 0. The van der Waals surface area contributed by atoms with E-state index in [0.717, 1.165) is 12.1 Å². The number of aromatic nitrogens is 2. The monoisotopic (exact) mass is 368 g/mol. The fourth-order valence-corrected chi connectivity index (χ4v) is 2.88. The molecule has 0 unspecified atom stereocenters. The van der Waals surface area contributed by atoms with Gasteiger partial charge in [0.15, 0.2) is 5.69 Å². The zero-order valence-electron chi connectivity index (χ0n) is 13.8. The largest absolute Gasteiger partial charge is 0.317 e. The number of halogens is 3. The predicted octanol–water partition coefficient (Wildman–Crippen LogP) is 4.09. The van der Waals surface area contributed by atoms with E-state index in [9.17, 15) is 18.0 Å². The van der Waals surface area contributed by atoms with Crippen LogP contribution in [0, 0.1) is 17.5 Å². The molecule has 4 rings (SSSR count). The Morgan fingerprint density at radius 3 is 2.30 bits per heavy atom. The Hall–Kier alpha value is -3.61. The Morgan fingerprint density at radius 2 is 1.59 bits per heavy atom. The van der Waals surface area contributed by atoms with Crippen LogP contribution in [0.25, 0.3) is 16.9 Å². The summed E-state index contributed by atoms with van der Waals surface area (Å²) >= 11 is 0. The van der Waals surface area contributed by atoms with Gasteiger partial charge in [-0.05, 0) is 42.5 Å². The summed E-state index contributed by atoms with van der Waals surface area (Å²) in [5.41, 5.74) is 1.05. The SMILES string of the molecule is O=C(Nc1c(-c2ccc(F)cc2)[nH]c2cccc[n+]12)c1c(F)cccc1F. The molecule has 2 heterocycles. The molecule has 4 aromatic rings. The third-order valence-corrected chi connectivity index (χ3v) is 4.15. The topological polar surface area (TPSA) is 49.0 Å². The first-order chi connectivity index (χ1) is 13.0. The van der Waals surface area contributed by atoms with E-state index in [1.165, 1.54) is 18.2 Å². The lowest BCUT2D eigenvalue weighted by molar-refractivity contribution is -0.493. The van der Waals surface area contributed by atoms with Crippen LogP contribution in [0.1, 0.15) is 10.4 Å². The third-order valence-electron chi connectivity index (χ3n) is 4.15. The molecule has 0 saturated carbocycles. The van der Waals surface area contributed by atoms with Crippen molar-refractivity contribution in [2.45, 2.75) is 0 Å². The average Bonchev–Trinajstić information content (AvgIpc) is 3.01. The second-order valence-corrected chi connectivity index (χ2v) is 5.86. The molecule has 0 aliphatic rings. The Bertz CT molecular complexity index is 1130. The van der Waals surface area contributed by atoms with Crippen molar-refractivity contribution in [1.29, 1.82) is 0 Å². The van der Waals surface area contributed by atoms with Crippen LogP contribution in [0.4, 0.5) is 19.0 Å². The van der Waals surface area contributed by atoms with Gasteiger partial charge in [-0.25, -0.2) is 22.9 Å². The molecule has 0 saturated heterocycles. The van der Waals surface area contributed by atoms with Crippen molar-refractivity contribution in [3.8, 4) is 11.3 Å². The van der Waals surface area contributed by atoms with Gasteiger partial charge in [-0.2, -0.15) is 0 Å². The van der Waals surface area contributed by atoms with Crippen molar-refractivity contribution >= 4 is 17.4 Å². The number of hydrogen-bond donors (Lipinski definition) is 2. The quantitative estimate of drug-likeness (QED) is 0.526. The molecule has 0 aliphatic carbocycles. The van der Waals surface area contributed by atoms with Gasteiger partial charge in [0.1, 0.15) is 23.0 Å². The van der Waals surface area contributed by atoms with Crippen LogP contribution in [0.5, 0.6) is 0 Å². The second kappa shape index (κ2) is 6.60. The number of nitrogens with zero attached hydrogens (tertiary/aromatic N) is 1. The number of hydrogen-bond acceptors (Lipinski definition) is 1. The molecule has 2 N–H and O–H groups in total. The van der Waals surface area contributed by atoms with Gasteiger partial charge in [-0.15, -0.1) is 0 Å². The number of rotatable bonds is 3. The number of imidazole rings is 1. The standard InChI is InChI=1S/C20H12F3N3O/c21-13-9-7-12(8-10-13)18-19(26-11-2-1-6-16(26)24-18)25-20(27)17-14(22)4-3-5-15(17)23/h1-11H,(H,25,27)/p+1. The Kier molecular flexibility index (Phi) is 4.12. The lowest BCUT2D eigenvalue weighted by Crippen LogP contribution is -2.27. The highest BCUT2D eigenvalue weighted by Crippen LogP contribution is 2.26. The summed E-state index contributed by atoms with van der Waals surface area (Å²) in [6.45, 7) is 0. The minimum atomic E-state index is -0.958. The number of amides is 1. The van der Waals surface area contributed by atoms with E-state index in [1.54, 1.807) is 40.9 Å². The molecular weight excluding hydrogens is 355 g/mol. The fourth-order valence-electron chi connectivity index (χ4n) is 2.88. The first-order valence-electron chi connectivity index (χ1n) is 8.08. The van der Waals surface area contributed by atoms with E-state index >= 15 is 0 Å². The molecular formula is C20H13F3N3O+. The van der Waals surface area contributed by atoms with E-state index < -0.39 is 28.9 Å². The highest BCUT2D eigenvalue weighted by atomic mass is 19.1. The second-order valence-electron chi connectivity index (χ2n) is 5.86. The first kappa shape index (κ1) is 16.8. The lowest BCUT2D eigenvalue weighted by atomic mass is 10.1. The molecule has 2 aromatic carbocycles. The van der Waals surface area contributed by atoms with E-state index in [2.05, 4.69) is 10.3 Å².